The Labute approximate surface area is 202 Å². The fourth-order valence-electron chi connectivity index (χ4n) is 4.56. The number of rotatable bonds is 7. The van der Waals surface area contributed by atoms with Gasteiger partial charge in [-0.25, -0.2) is 0 Å². The molecule has 2 unspecified atom stereocenters. The molecule has 1 N–H and O–H groups in total. The molecule has 1 aromatic heterocycles. The highest BCUT2D eigenvalue weighted by Crippen LogP contribution is 2.31. The summed E-state index contributed by atoms with van der Waals surface area (Å²) in [5.74, 6) is -0.483. The number of hydrogen-bond donors (Lipinski definition) is 1. The van der Waals surface area contributed by atoms with Gasteiger partial charge in [-0.3, -0.25) is 9.59 Å². The van der Waals surface area contributed by atoms with Gasteiger partial charge in [0.15, 0.2) is 0 Å². The first kappa shape index (κ1) is 24.6. The van der Waals surface area contributed by atoms with Gasteiger partial charge in [-0.2, -0.15) is 13.2 Å². The maximum absolute atomic E-state index is 13.2. The van der Waals surface area contributed by atoms with Crippen molar-refractivity contribution in [2.24, 2.45) is 0 Å². The van der Waals surface area contributed by atoms with Gasteiger partial charge in [0.25, 0.3) is 0 Å². The van der Waals surface area contributed by atoms with E-state index in [4.69, 9.17) is 0 Å². The molecule has 5 nitrogen and oxygen atoms in total. The molecule has 0 aliphatic carbocycles. The van der Waals surface area contributed by atoms with Gasteiger partial charge in [0.1, 0.15) is 0 Å². The van der Waals surface area contributed by atoms with E-state index in [-0.39, 0.29) is 30.7 Å². The summed E-state index contributed by atoms with van der Waals surface area (Å²) in [6.45, 7) is 2.88. The van der Waals surface area contributed by atoms with Crippen molar-refractivity contribution in [3.8, 4) is 0 Å². The average molecular weight is 484 g/mol. The van der Waals surface area contributed by atoms with Crippen LogP contribution in [-0.2, 0) is 28.7 Å². The summed E-state index contributed by atoms with van der Waals surface area (Å²) in [6, 6.07) is 18.1. The molecule has 0 saturated carbocycles. The molecular formula is C27H28F3N3O2. The SMILES string of the molecule is CC(NC(=O)CCC(=O)N1CCn2cccc2C1Cc1ccccc1)c1cccc(C(F)(F)F)c1. The number of carbonyl (C=O) groups excluding carboxylic acids is 2. The Hall–Kier alpha value is -3.55. The minimum Gasteiger partial charge on any atom is -0.350 e. The second kappa shape index (κ2) is 10.4. The largest absolute Gasteiger partial charge is 0.416 e. The molecule has 4 rings (SSSR count). The lowest BCUT2D eigenvalue weighted by molar-refractivity contribution is -0.138. The number of amides is 2. The Morgan fingerprint density at radius 3 is 2.51 bits per heavy atom. The molecule has 0 radical (unpaired) electrons. The number of nitrogens with zero attached hydrogens (tertiary/aromatic N) is 2. The number of hydrogen-bond acceptors (Lipinski definition) is 2. The molecule has 3 aromatic rings. The van der Waals surface area contributed by atoms with E-state index in [1.165, 1.54) is 6.07 Å². The highest BCUT2D eigenvalue weighted by atomic mass is 19.4. The fourth-order valence-corrected chi connectivity index (χ4v) is 4.56. The summed E-state index contributed by atoms with van der Waals surface area (Å²) in [5, 5.41) is 2.71. The molecule has 0 fully saturated rings. The van der Waals surface area contributed by atoms with E-state index >= 15 is 0 Å². The molecule has 184 valence electrons. The first-order valence-corrected chi connectivity index (χ1v) is 11.7. The molecule has 8 heteroatoms. The molecule has 0 saturated heterocycles. The van der Waals surface area contributed by atoms with Crippen LogP contribution in [0.2, 0.25) is 0 Å². The van der Waals surface area contributed by atoms with Crippen molar-refractivity contribution in [3.05, 3.63) is 95.3 Å². The molecule has 2 atom stereocenters. The number of benzene rings is 2. The Morgan fingerprint density at radius 2 is 1.77 bits per heavy atom. The monoisotopic (exact) mass is 483 g/mol. The van der Waals surface area contributed by atoms with Crippen molar-refractivity contribution in [2.45, 2.75) is 51.0 Å². The lowest BCUT2D eigenvalue weighted by Crippen LogP contribution is -2.43. The lowest BCUT2D eigenvalue weighted by atomic mass is 9.99. The van der Waals surface area contributed by atoms with Crippen LogP contribution in [0.15, 0.2) is 72.9 Å². The Balaban J connectivity index is 1.38. The van der Waals surface area contributed by atoms with E-state index < -0.39 is 17.8 Å². The summed E-state index contributed by atoms with van der Waals surface area (Å²) < 4.78 is 41.1. The molecule has 0 spiro atoms. The summed E-state index contributed by atoms with van der Waals surface area (Å²) in [4.78, 5) is 27.5. The highest BCUT2D eigenvalue weighted by molar-refractivity contribution is 5.84. The lowest BCUT2D eigenvalue weighted by Gasteiger charge is -2.37. The van der Waals surface area contributed by atoms with Crippen molar-refractivity contribution in [3.63, 3.8) is 0 Å². The zero-order valence-corrected chi connectivity index (χ0v) is 19.5. The number of alkyl halides is 3. The van der Waals surface area contributed by atoms with Gasteiger partial charge < -0.3 is 14.8 Å². The maximum Gasteiger partial charge on any atom is 0.416 e. The van der Waals surface area contributed by atoms with E-state index in [1.54, 1.807) is 13.0 Å². The third kappa shape index (κ3) is 5.93. The van der Waals surface area contributed by atoms with Crippen LogP contribution in [-0.4, -0.2) is 27.8 Å². The Bertz CT molecular complexity index is 1170. The second-order valence-corrected chi connectivity index (χ2v) is 8.83. The van der Waals surface area contributed by atoms with Crippen LogP contribution in [0.3, 0.4) is 0 Å². The van der Waals surface area contributed by atoms with Gasteiger partial charge in [-0.05, 0) is 48.7 Å². The van der Waals surface area contributed by atoms with Crippen LogP contribution < -0.4 is 5.32 Å². The number of carbonyl (C=O) groups is 2. The van der Waals surface area contributed by atoms with Gasteiger partial charge >= 0.3 is 6.18 Å². The quantitative estimate of drug-likeness (QED) is 0.497. The summed E-state index contributed by atoms with van der Waals surface area (Å²) in [6.07, 6.45) is -1.76. The van der Waals surface area contributed by atoms with Crippen LogP contribution >= 0.6 is 0 Å². The van der Waals surface area contributed by atoms with Crippen molar-refractivity contribution >= 4 is 11.8 Å². The van der Waals surface area contributed by atoms with Crippen LogP contribution in [0, 0.1) is 0 Å². The molecule has 35 heavy (non-hydrogen) atoms. The number of fused-ring (bicyclic) bond motifs is 1. The molecular weight excluding hydrogens is 455 g/mol. The Morgan fingerprint density at radius 1 is 1.00 bits per heavy atom. The van der Waals surface area contributed by atoms with Gasteiger partial charge in [0.05, 0.1) is 17.6 Å². The van der Waals surface area contributed by atoms with Crippen LogP contribution in [0.1, 0.15) is 54.2 Å². The zero-order chi connectivity index (χ0) is 25.0. The summed E-state index contributed by atoms with van der Waals surface area (Å²) in [5.41, 5.74) is 1.79. The predicted molar refractivity (Wildman–Crippen MR) is 126 cm³/mol. The fraction of sp³-hybridized carbons (Fsp3) is 0.333. The maximum atomic E-state index is 13.2. The van der Waals surface area contributed by atoms with Crippen LogP contribution in [0.5, 0.6) is 0 Å². The minimum atomic E-state index is -4.45. The van der Waals surface area contributed by atoms with Crippen LogP contribution in [0.4, 0.5) is 13.2 Å². The first-order chi connectivity index (χ1) is 16.7. The van der Waals surface area contributed by atoms with E-state index in [1.807, 2.05) is 53.6 Å². The van der Waals surface area contributed by atoms with Gasteiger partial charge in [0, 0.05) is 37.8 Å². The van der Waals surface area contributed by atoms with E-state index in [2.05, 4.69) is 9.88 Å². The van der Waals surface area contributed by atoms with Gasteiger partial charge in [-0.15, -0.1) is 0 Å². The zero-order valence-electron chi connectivity index (χ0n) is 19.5. The number of aromatic nitrogens is 1. The molecule has 2 amide bonds. The smallest absolute Gasteiger partial charge is 0.350 e. The third-order valence-electron chi connectivity index (χ3n) is 6.41. The van der Waals surface area contributed by atoms with Crippen LogP contribution in [0.25, 0.3) is 0 Å². The van der Waals surface area contributed by atoms with Gasteiger partial charge in [0.2, 0.25) is 11.8 Å². The normalized spacial score (nSPS) is 16.5. The summed E-state index contributed by atoms with van der Waals surface area (Å²) >= 11 is 0. The molecule has 2 heterocycles. The van der Waals surface area contributed by atoms with Gasteiger partial charge in [-0.1, -0.05) is 42.5 Å². The summed E-state index contributed by atoms with van der Waals surface area (Å²) in [7, 11) is 0. The Kier molecular flexibility index (Phi) is 7.28. The standard InChI is InChI=1S/C27H28F3N3O2/c1-19(21-9-5-10-22(18-21)27(28,29)30)31-25(34)12-13-26(35)33-16-15-32-14-6-11-23(32)24(33)17-20-7-3-2-4-8-20/h2-11,14,18-19,24H,12-13,15-17H2,1H3,(H,31,34). The van der Waals surface area contributed by atoms with E-state index in [9.17, 15) is 22.8 Å². The predicted octanol–water partition coefficient (Wildman–Crippen LogP) is 5.29. The average Bonchev–Trinajstić information content (AvgIpc) is 3.32. The van der Waals surface area contributed by atoms with Crippen molar-refractivity contribution in [2.75, 3.05) is 6.54 Å². The van der Waals surface area contributed by atoms with Crippen molar-refractivity contribution < 1.29 is 22.8 Å². The molecule has 1 aliphatic heterocycles. The number of nitrogens with one attached hydrogen (secondary N) is 1. The second-order valence-electron chi connectivity index (χ2n) is 8.83. The molecule has 1 aliphatic rings. The van der Waals surface area contributed by atoms with E-state index in [0.717, 1.165) is 23.4 Å². The topological polar surface area (TPSA) is 54.3 Å². The minimum absolute atomic E-state index is 0.0301. The molecule has 2 aromatic carbocycles. The van der Waals surface area contributed by atoms with E-state index in [0.29, 0.717) is 25.1 Å². The third-order valence-corrected chi connectivity index (χ3v) is 6.41. The molecule has 0 bridgehead atoms. The van der Waals surface area contributed by atoms with Crippen molar-refractivity contribution in [1.82, 2.24) is 14.8 Å². The first-order valence-electron chi connectivity index (χ1n) is 11.7. The van der Waals surface area contributed by atoms with Crippen molar-refractivity contribution in [1.29, 1.82) is 0 Å². The highest BCUT2D eigenvalue weighted by Gasteiger charge is 2.32. The number of halogens is 3.